The molecule has 0 N–H and O–H groups in total. The van der Waals surface area contributed by atoms with E-state index in [0.29, 0.717) is 25.6 Å². The summed E-state index contributed by atoms with van der Waals surface area (Å²) >= 11 is 0. The molecule has 6 nitrogen and oxygen atoms in total. The molecule has 1 amide bonds. The smallest absolute Gasteiger partial charge is 0.253 e. The molecular formula is C17H22F2N4O2. The van der Waals surface area contributed by atoms with Gasteiger partial charge in [-0.3, -0.25) is 4.79 Å². The summed E-state index contributed by atoms with van der Waals surface area (Å²) in [6.07, 6.45) is 2.85. The Labute approximate surface area is 145 Å². The summed E-state index contributed by atoms with van der Waals surface area (Å²) < 4.78 is 32.2. The fourth-order valence-electron chi connectivity index (χ4n) is 3.34. The molecule has 0 radical (unpaired) electrons. The van der Waals surface area contributed by atoms with Gasteiger partial charge in [-0.15, -0.1) is 0 Å². The zero-order valence-electron chi connectivity index (χ0n) is 14.0. The minimum absolute atomic E-state index is 0.0883. The van der Waals surface area contributed by atoms with Gasteiger partial charge in [0.15, 0.2) is 6.10 Å². The summed E-state index contributed by atoms with van der Waals surface area (Å²) in [5.74, 6) is -0.713. The average Bonchev–Trinajstić information content (AvgIpc) is 3.47. The Morgan fingerprint density at radius 1 is 1.24 bits per heavy atom. The Balaban J connectivity index is 1.40. The number of rotatable bonds is 3. The van der Waals surface area contributed by atoms with Crippen LogP contribution in [0.4, 0.5) is 14.6 Å². The maximum atomic E-state index is 13.3. The van der Waals surface area contributed by atoms with E-state index in [0.717, 1.165) is 24.5 Å². The highest BCUT2D eigenvalue weighted by Gasteiger charge is 2.38. The number of halogens is 2. The van der Waals surface area contributed by atoms with Crippen molar-refractivity contribution in [2.24, 2.45) is 0 Å². The maximum absolute atomic E-state index is 13.3. The second kappa shape index (κ2) is 6.48. The van der Waals surface area contributed by atoms with Crippen LogP contribution in [0.3, 0.4) is 0 Å². The van der Waals surface area contributed by atoms with Crippen LogP contribution in [-0.4, -0.2) is 65.6 Å². The Bertz CT molecular complexity index is 643. The summed E-state index contributed by atoms with van der Waals surface area (Å²) in [5, 5.41) is 0. The Morgan fingerprint density at radius 2 is 2.00 bits per heavy atom. The van der Waals surface area contributed by atoms with Crippen LogP contribution in [0, 0.1) is 0 Å². The third kappa shape index (κ3) is 3.73. The van der Waals surface area contributed by atoms with E-state index >= 15 is 0 Å². The van der Waals surface area contributed by atoms with Crippen LogP contribution in [0.25, 0.3) is 0 Å². The number of likely N-dealkylation sites (tertiary alicyclic amines) is 1. The zero-order chi connectivity index (χ0) is 17.4. The predicted octanol–water partition coefficient (Wildman–Crippen LogP) is 1.82. The molecule has 136 valence electrons. The number of piperidine rings is 1. The molecule has 0 aromatic carbocycles. The van der Waals surface area contributed by atoms with Gasteiger partial charge in [0.25, 0.3) is 11.8 Å². The summed E-state index contributed by atoms with van der Waals surface area (Å²) in [6, 6.07) is 1.85. The molecule has 8 heteroatoms. The van der Waals surface area contributed by atoms with Crippen molar-refractivity contribution in [3.63, 3.8) is 0 Å². The van der Waals surface area contributed by atoms with Gasteiger partial charge in [-0.05, 0) is 18.9 Å². The second-order valence-electron chi connectivity index (χ2n) is 7.03. The van der Waals surface area contributed by atoms with Gasteiger partial charge < -0.3 is 14.5 Å². The highest BCUT2D eigenvalue weighted by molar-refractivity contribution is 5.82. The van der Waals surface area contributed by atoms with Crippen LogP contribution >= 0.6 is 0 Å². The number of nitrogens with zero attached hydrogens (tertiary/aromatic N) is 4. The maximum Gasteiger partial charge on any atom is 0.253 e. The normalized spacial score (nSPS) is 26.6. The van der Waals surface area contributed by atoms with E-state index in [4.69, 9.17) is 4.74 Å². The van der Waals surface area contributed by atoms with Gasteiger partial charge in [0, 0.05) is 44.6 Å². The molecule has 3 fully saturated rings. The summed E-state index contributed by atoms with van der Waals surface area (Å²) in [7, 11) is 0. The quantitative estimate of drug-likeness (QED) is 0.831. The Kier molecular flexibility index (Phi) is 4.31. The number of morpholine rings is 1. The van der Waals surface area contributed by atoms with Crippen LogP contribution in [0.1, 0.15) is 37.4 Å². The van der Waals surface area contributed by atoms with Crippen molar-refractivity contribution < 1.29 is 18.3 Å². The van der Waals surface area contributed by atoms with Gasteiger partial charge >= 0.3 is 0 Å². The largest absolute Gasteiger partial charge is 0.365 e. The summed E-state index contributed by atoms with van der Waals surface area (Å²) in [5.41, 5.74) is 0. The second-order valence-corrected chi connectivity index (χ2v) is 7.03. The lowest BCUT2D eigenvalue weighted by Crippen LogP contribution is -2.53. The third-order valence-corrected chi connectivity index (χ3v) is 5.07. The molecule has 3 heterocycles. The number of hydrogen-bond donors (Lipinski definition) is 0. The fourth-order valence-corrected chi connectivity index (χ4v) is 3.34. The first kappa shape index (κ1) is 16.6. The number of hydrogen-bond acceptors (Lipinski definition) is 5. The first-order valence-corrected chi connectivity index (χ1v) is 8.88. The van der Waals surface area contributed by atoms with Crippen LogP contribution in [-0.2, 0) is 9.53 Å². The molecule has 1 unspecified atom stereocenters. The van der Waals surface area contributed by atoms with Crippen molar-refractivity contribution in [3.8, 4) is 0 Å². The SMILES string of the molecule is O=C(C1CN(c2ccnc(C3CC3)n2)CCO1)N1CCC(F)(F)CC1. The van der Waals surface area contributed by atoms with E-state index in [1.54, 1.807) is 6.20 Å². The highest BCUT2D eigenvalue weighted by atomic mass is 19.3. The molecule has 0 spiro atoms. The number of amides is 1. The van der Waals surface area contributed by atoms with Crippen molar-refractivity contribution in [3.05, 3.63) is 18.1 Å². The minimum Gasteiger partial charge on any atom is -0.365 e. The van der Waals surface area contributed by atoms with Crippen LogP contribution < -0.4 is 4.90 Å². The fraction of sp³-hybridized carbons (Fsp3) is 0.706. The Hall–Kier alpha value is -1.83. The number of aromatic nitrogens is 2. The van der Waals surface area contributed by atoms with Crippen LogP contribution in [0.15, 0.2) is 12.3 Å². The highest BCUT2D eigenvalue weighted by Crippen LogP contribution is 2.38. The zero-order valence-corrected chi connectivity index (χ0v) is 14.0. The van der Waals surface area contributed by atoms with E-state index in [1.165, 1.54) is 4.90 Å². The van der Waals surface area contributed by atoms with Gasteiger partial charge in [-0.1, -0.05) is 0 Å². The van der Waals surface area contributed by atoms with Gasteiger partial charge in [0.05, 0.1) is 13.2 Å². The van der Waals surface area contributed by atoms with Gasteiger partial charge in [-0.2, -0.15) is 0 Å². The van der Waals surface area contributed by atoms with E-state index in [1.807, 2.05) is 11.0 Å². The lowest BCUT2D eigenvalue weighted by Gasteiger charge is -2.38. The summed E-state index contributed by atoms with van der Waals surface area (Å²) in [4.78, 5) is 25.1. The van der Waals surface area contributed by atoms with Crippen molar-refractivity contribution in [2.75, 3.05) is 37.7 Å². The van der Waals surface area contributed by atoms with Crippen molar-refractivity contribution in [1.29, 1.82) is 0 Å². The van der Waals surface area contributed by atoms with E-state index < -0.39 is 12.0 Å². The first-order valence-electron chi connectivity index (χ1n) is 8.88. The topological polar surface area (TPSA) is 58.6 Å². The van der Waals surface area contributed by atoms with E-state index in [-0.39, 0.29) is 31.8 Å². The van der Waals surface area contributed by atoms with Gasteiger partial charge in [-0.25, -0.2) is 18.7 Å². The molecule has 1 aromatic heterocycles. The van der Waals surface area contributed by atoms with E-state index in [2.05, 4.69) is 9.97 Å². The van der Waals surface area contributed by atoms with Crippen molar-refractivity contribution in [1.82, 2.24) is 14.9 Å². The molecule has 2 saturated heterocycles. The lowest BCUT2D eigenvalue weighted by atomic mass is 10.1. The average molecular weight is 352 g/mol. The van der Waals surface area contributed by atoms with Crippen LogP contribution in [0.2, 0.25) is 0 Å². The number of carbonyl (C=O) groups excluding carboxylic acids is 1. The number of ether oxygens (including phenoxy) is 1. The molecular weight excluding hydrogens is 330 g/mol. The molecule has 1 aromatic rings. The Morgan fingerprint density at radius 3 is 2.72 bits per heavy atom. The summed E-state index contributed by atoms with van der Waals surface area (Å²) in [6.45, 7) is 1.65. The monoisotopic (exact) mass is 352 g/mol. The van der Waals surface area contributed by atoms with Crippen LogP contribution in [0.5, 0.6) is 0 Å². The molecule has 1 aliphatic carbocycles. The minimum atomic E-state index is -2.66. The van der Waals surface area contributed by atoms with Crippen molar-refractivity contribution in [2.45, 2.75) is 43.6 Å². The van der Waals surface area contributed by atoms with E-state index in [9.17, 15) is 13.6 Å². The third-order valence-electron chi connectivity index (χ3n) is 5.07. The molecule has 25 heavy (non-hydrogen) atoms. The molecule has 0 bridgehead atoms. The van der Waals surface area contributed by atoms with Gasteiger partial charge in [0.2, 0.25) is 0 Å². The van der Waals surface area contributed by atoms with Crippen molar-refractivity contribution >= 4 is 11.7 Å². The first-order chi connectivity index (χ1) is 12.0. The van der Waals surface area contributed by atoms with Gasteiger partial charge in [0.1, 0.15) is 11.6 Å². The standard InChI is InChI=1S/C17H22F2N4O2/c18-17(19)4-7-22(8-5-17)16(24)13-11-23(9-10-25-13)14-3-6-20-15(21-14)12-1-2-12/h3,6,12-13H,1-2,4-5,7-11H2. The molecule has 1 saturated carbocycles. The lowest BCUT2D eigenvalue weighted by molar-refractivity contribution is -0.150. The number of anilines is 1. The molecule has 1 atom stereocenters. The predicted molar refractivity (Wildman–Crippen MR) is 86.7 cm³/mol. The number of alkyl halides is 2. The molecule has 2 aliphatic heterocycles. The molecule has 4 rings (SSSR count). The number of carbonyl (C=O) groups is 1. The molecule has 3 aliphatic rings.